The molecule has 1 aromatic heterocycles. The van der Waals surface area contributed by atoms with Gasteiger partial charge in [-0.15, -0.1) is 0 Å². The monoisotopic (exact) mass is 346 g/mol. The first-order valence-electron chi connectivity index (χ1n) is 7.55. The van der Waals surface area contributed by atoms with Crippen molar-refractivity contribution >= 4 is 16.7 Å². The molecule has 0 unspecified atom stereocenters. The minimum absolute atomic E-state index is 0.0367. The number of methoxy groups -OCH3 is 1. The van der Waals surface area contributed by atoms with E-state index < -0.39 is 11.7 Å². The highest BCUT2D eigenvalue weighted by Gasteiger charge is 2.30. The Balaban J connectivity index is 1.87. The van der Waals surface area contributed by atoms with Gasteiger partial charge in [-0.1, -0.05) is 12.1 Å². The molecule has 0 aliphatic heterocycles. The van der Waals surface area contributed by atoms with E-state index in [4.69, 9.17) is 4.74 Å². The number of pyridine rings is 1. The summed E-state index contributed by atoms with van der Waals surface area (Å²) in [5.74, 6) is 0.446. The number of rotatable bonds is 4. The number of fused-ring (bicyclic) bond motifs is 1. The van der Waals surface area contributed by atoms with Gasteiger partial charge in [-0.05, 0) is 30.3 Å². The van der Waals surface area contributed by atoms with E-state index in [9.17, 15) is 18.0 Å². The molecule has 0 saturated heterocycles. The Kier molecular flexibility index (Phi) is 4.44. The molecule has 3 aromatic rings. The van der Waals surface area contributed by atoms with Gasteiger partial charge < -0.3 is 4.74 Å². The van der Waals surface area contributed by atoms with Crippen LogP contribution in [0.3, 0.4) is 0 Å². The first kappa shape index (κ1) is 17.0. The molecule has 0 bridgehead atoms. The van der Waals surface area contributed by atoms with Gasteiger partial charge in [0.25, 0.3) is 0 Å². The summed E-state index contributed by atoms with van der Waals surface area (Å²) in [4.78, 5) is 12.4. The number of carbonyl (C=O) groups is 1. The molecule has 3 rings (SSSR count). The number of aromatic nitrogens is 1. The van der Waals surface area contributed by atoms with Gasteiger partial charge >= 0.3 is 6.18 Å². The molecule has 6 heteroatoms. The molecule has 3 nitrogen and oxygen atoms in total. The molecule has 0 radical (unpaired) electrons. The second-order valence-corrected chi connectivity index (χ2v) is 5.56. The van der Waals surface area contributed by atoms with Crippen molar-refractivity contribution in [3.63, 3.8) is 0 Å². The van der Waals surface area contributed by atoms with E-state index in [2.05, 4.69) is 0 Å². The molecule has 25 heavy (non-hydrogen) atoms. The maximum Gasteiger partial charge on any atom is 0.416 e. The zero-order valence-electron chi connectivity index (χ0n) is 13.4. The Morgan fingerprint density at radius 1 is 1.08 bits per heavy atom. The van der Waals surface area contributed by atoms with Crippen LogP contribution in [0.15, 0.2) is 60.8 Å². The Hall–Kier alpha value is -2.89. The molecule has 0 spiro atoms. The molecular weight excluding hydrogens is 331 g/mol. The lowest BCUT2D eigenvalue weighted by atomic mass is 10.1. The summed E-state index contributed by atoms with van der Waals surface area (Å²) in [5.41, 5.74) is 0.309. The van der Waals surface area contributed by atoms with Crippen LogP contribution in [0.4, 0.5) is 13.2 Å². The van der Waals surface area contributed by atoms with Crippen LogP contribution in [0.1, 0.15) is 15.9 Å². The highest BCUT2D eigenvalue weighted by atomic mass is 19.4. The molecule has 0 atom stereocenters. The molecule has 1 heterocycles. The second kappa shape index (κ2) is 6.55. The predicted octanol–water partition coefficient (Wildman–Crippen LogP) is 4.04. The lowest BCUT2D eigenvalue weighted by molar-refractivity contribution is -0.657. The molecule has 0 aliphatic carbocycles. The first-order chi connectivity index (χ1) is 11.9. The summed E-state index contributed by atoms with van der Waals surface area (Å²) in [6.07, 6.45) is -2.65. The Morgan fingerprint density at radius 2 is 1.80 bits per heavy atom. The number of halogens is 3. The zero-order chi connectivity index (χ0) is 18.0. The maximum absolute atomic E-state index is 12.6. The van der Waals surface area contributed by atoms with Crippen LogP contribution in [-0.2, 0) is 12.7 Å². The number of alkyl halides is 3. The van der Waals surface area contributed by atoms with Gasteiger partial charge in [0, 0.05) is 17.7 Å². The topological polar surface area (TPSA) is 30.2 Å². The van der Waals surface area contributed by atoms with E-state index in [1.165, 1.54) is 12.1 Å². The van der Waals surface area contributed by atoms with E-state index in [0.717, 1.165) is 23.0 Å². The van der Waals surface area contributed by atoms with Crippen LogP contribution >= 0.6 is 0 Å². The van der Waals surface area contributed by atoms with Gasteiger partial charge in [-0.25, -0.2) is 0 Å². The third kappa shape index (κ3) is 3.63. The Bertz CT molecular complexity index is 918. The van der Waals surface area contributed by atoms with Gasteiger partial charge in [-0.2, -0.15) is 17.7 Å². The van der Waals surface area contributed by atoms with Crippen LogP contribution < -0.4 is 9.30 Å². The van der Waals surface area contributed by atoms with Crippen LogP contribution in [0.2, 0.25) is 0 Å². The summed E-state index contributed by atoms with van der Waals surface area (Å²) in [6, 6.07) is 13.5. The standard InChI is InChI=1S/C19H15F3NO2/c1-25-16-8-9-17-14(11-16)3-2-10-23(17)12-18(24)13-4-6-15(7-5-13)19(20,21)22/h2-11H,12H2,1H3/q+1. The maximum atomic E-state index is 12.6. The second-order valence-electron chi connectivity index (χ2n) is 5.56. The molecule has 0 saturated carbocycles. The van der Waals surface area contributed by atoms with Crippen molar-refractivity contribution in [1.29, 1.82) is 0 Å². The SMILES string of the molecule is COc1ccc2c(ccc[n+]2CC(=O)c2ccc(C(F)(F)F)cc2)c1. The van der Waals surface area contributed by atoms with Gasteiger partial charge in [0.2, 0.25) is 17.8 Å². The van der Waals surface area contributed by atoms with E-state index in [1.54, 1.807) is 23.9 Å². The van der Waals surface area contributed by atoms with Crippen molar-refractivity contribution in [1.82, 2.24) is 0 Å². The number of benzene rings is 2. The van der Waals surface area contributed by atoms with Crippen LogP contribution in [0.25, 0.3) is 10.9 Å². The normalized spacial score (nSPS) is 11.5. The average Bonchev–Trinajstić information content (AvgIpc) is 2.60. The number of Topliss-reactive ketones (excluding diaryl/α,β-unsaturated/α-hetero) is 1. The Labute approximate surface area is 142 Å². The summed E-state index contributed by atoms with van der Waals surface area (Å²) in [6.45, 7) is 0.0367. The van der Waals surface area contributed by atoms with E-state index in [0.29, 0.717) is 5.75 Å². The van der Waals surface area contributed by atoms with E-state index in [1.807, 2.05) is 24.3 Å². The number of ether oxygens (including phenoxy) is 1. The quantitative estimate of drug-likeness (QED) is 0.527. The Morgan fingerprint density at radius 3 is 2.44 bits per heavy atom. The summed E-state index contributed by atoms with van der Waals surface area (Å²) < 4.78 is 44.8. The van der Waals surface area contributed by atoms with Gasteiger partial charge in [-0.3, -0.25) is 4.79 Å². The van der Waals surface area contributed by atoms with Gasteiger partial charge in [0.1, 0.15) is 5.75 Å². The fourth-order valence-electron chi connectivity index (χ4n) is 2.61. The molecule has 0 amide bonds. The molecule has 2 aromatic carbocycles. The van der Waals surface area contributed by atoms with E-state index >= 15 is 0 Å². The molecule has 0 aliphatic rings. The molecular formula is C19H15F3NO2+. The predicted molar refractivity (Wildman–Crippen MR) is 86.5 cm³/mol. The minimum Gasteiger partial charge on any atom is -0.497 e. The number of nitrogens with zero attached hydrogens (tertiary/aromatic N) is 1. The largest absolute Gasteiger partial charge is 0.497 e. The van der Waals surface area contributed by atoms with Crippen molar-refractivity contribution in [2.75, 3.05) is 7.11 Å². The average molecular weight is 346 g/mol. The number of carbonyl (C=O) groups excluding carboxylic acids is 1. The van der Waals surface area contributed by atoms with Crippen molar-refractivity contribution in [3.05, 3.63) is 71.9 Å². The van der Waals surface area contributed by atoms with Crippen molar-refractivity contribution in [2.24, 2.45) is 0 Å². The lowest BCUT2D eigenvalue weighted by Gasteiger charge is -2.07. The highest BCUT2D eigenvalue weighted by molar-refractivity contribution is 5.95. The summed E-state index contributed by atoms with van der Waals surface area (Å²) >= 11 is 0. The van der Waals surface area contributed by atoms with Crippen molar-refractivity contribution in [2.45, 2.75) is 12.7 Å². The fourth-order valence-corrected chi connectivity index (χ4v) is 2.61. The molecule has 0 N–H and O–H groups in total. The van der Waals surface area contributed by atoms with Crippen LogP contribution in [0.5, 0.6) is 5.75 Å². The zero-order valence-corrected chi connectivity index (χ0v) is 13.4. The van der Waals surface area contributed by atoms with Crippen LogP contribution in [-0.4, -0.2) is 12.9 Å². The summed E-state index contributed by atoms with van der Waals surface area (Å²) in [5, 5.41) is 0.905. The third-order valence-corrected chi connectivity index (χ3v) is 3.93. The lowest BCUT2D eigenvalue weighted by Crippen LogP contribution is -2.38. The number of ketones is 1. The number of hydrogen-bond acceptors (Lipinski definition) is 2. The van der Waals surface area contributed by atoms with Crippen LogP contribution in [0, 0.1) is 0 Å². The summed E-state index contributed by atoms with van der Waals surface area (Å²) in [7, 11) is 1.58. The van der Waals surface area contributed by atoms with Gasteiger partial charge in [0.15, 0.2) is 6.20 Å². The first-order valence-corrected chi connectivity index (χ1v) is 7.55. The van der Waals surface area contributed by atoms with Crippen molar-refractivity contribution in [3.8, 4) is 5.75 Å². The molecule has 0 fully saturated rings. The fraction of sp³-hybridized carbons (Fsp3) is 0.158. The minimum atomic E-state index is -4.41. The smallest absolute Gasteiger partial charge is 0.416 e. The third-order valence-electron chi connectivity index (χ3n) is 3.93. The van der Waals surface area contributed by atoms with Crippen molar-refractivity contribution < 1.29 is 27.3 Å². The highest BCUT2D eigenvalue weighted by Crippen LogP contribution is 2.29. The van der Waals surface area contributed by atoms with E-state index in [-0.39, 0.29) is 17.9 Å². The number of hydrogen-bond donors (Lipinski definition) is 0. The molecule has 128 valence electrons. The van der Waals surface area contributed by atoms with Gasteiger partial charge in [0.05, 0.1) is 18.1 Å².